The highest BCUT2D eigenvalue weighted by molar-refractivity contribution is 5.66. The van der Waals surface area contributed by atoms with Crippen molar-refractivity contribution in [2.45, 2.75) is 32.4 Å². The average molecular weight is 289 g/mol. The number of hydrogen-bond donors (Lipinski definition) is 1. The van der Waals surface area contributed by atoms with E-state index in [1.54, 1.807) is 0 Å². The molecule has 1 aliphatic rings. The summed E-state index contributed by atoms with van der Waals surface area (Å²) in [6.45, 7) is 5.28. The number of nitrogen functional groups attached to an aromatic ring is 1. The van der Waals surface area contributed by atoms with Crippen LogP contribution < -0.4 is 10.5 Å². The zero-order valence-corrected chi connectivity index (χ0v) is 12.2. The van der Waals surface area contributed by atoms with Crippen molar-refractivity contribution >= 4 is 5.69 Å². The SMILES string of the molecule is CCOc1ccc(-c2nnnn2C2CCOC2C)cc1N. The van der Waals surface area contributed by atoms with Crippen LogP contribution in [0.2, 0.25) is 0 Å². The van der Waals surface area contributed by atoms with E-state index in [-0.39, 0.29) is 12.1 Å². The molecule has 2 unspecified atom stereocenters. The smallest absolute Gasteiger partial charge is 0.182 e. The van der Waals surface area contributed by atoms with Crippen molar-refractivity contribution < 1.29 is 9.47 Å². The summed E-state index contributed by atoms with van der Waals surface area (Å²) in [6, 6.07) is 5.77. The van der Waals surface area contributed by atoms with Gasteiger partial charge in [-0.15, -0.1) is 5.10 Å². The Hall–Kier alpha value is -2.15. The molecular weight excluding hydrogens is 270 g/mol. The molecule has 112 valence electrons. The molecule has 7 nitrogen and oxygen atoms in total. The standard InChI is InChI=1S/C14H19N5O2/c1-3-20-13-5-4-10(8-11(13)15)14-16-17-18-19(14)12-6-7-21-9(12)2/h4-5,8-9,12H,3,6-7,15H2,1-2H3. The first-order valence-corrected chi connectivity index (χ1v) is 7.13. The van der Waals surface area contributed by atoms with Gasteiger partial charge in [0.1, 0.15) is 5.75 Å². The van der Waals surface area contributed by atoms with Gasteiger partial charge in [0.2, 0.25) is 0 Å². The lowest BCUT2D eigenvalue weighted by Crippen LogP contribution is -2.19. The normalized spacial score (nSPS) is 21.6. The van der Waals surface area contributed by atoms with E-state index < -0.39 is 0 Å². The monoisotopic (exact) mass is 289 g/mol. The molecule has 3 rings (SSSR count). The van der Waals surface area contributed by atoms with Crippen molar-refractivity contribution in [3.63, 3.8) is 0 Å². The summed E-state index contributed by atoms with van der Waals surface area (Å²) >= 11 is 0. The predicted octanol–water partition coefficient (Wildman–Crippen LogP) is 1.67. The summed E-state index contributed by atoms with van der Waals surface area (Å²) in [5.74, 6) is 1.38. The van der Waals surface area contributed by atoms with Crippen LogP contribution in [0.3, 0.4) is 0 Å². The molecule has 0 amide bonds. The lowest BCUT2D eigenvalue weighted by molar-refractivity contribution is 0.105. The zero-order chi connectivity index (χ0) is 14.8. The molecule has 0 radical (unpaired) electrons. The Kier molecular flexibility index (Phi) is 3.74. The molecule has 1 aliphatic heterocycles. The van der Waals surface area contributed by atoms with Crippen molar-refractivity contribution in [3.8, 4) is 17.1 Å². The molecule has 1 saturated heterocycles. The number of aromatic nitrogens is 4. The van der Waals surface area contributed by atoms with E-state index in [1.807, 2.05) is 36.7 Å². The lowest BCUT2D eigenvalue weighted by atomic mass is 10.1. The lowest BCUT2D eigenvalue weighted by Gasteiger charge is -2.16. The van der Waals surface area contributed by atoms with E-state index in [4.69, 9.17) is 15.2 Å². The Balaban J connectivity index is 1.94. The maximum Gasteiger partial charge on any atom is 0.182 e. The van der Waals surface area contributed by atoms with Crippen LogP contribution in [0.5, 0.6) is 5.75 Å². The summed E-state index contributed by atoms with van der Waals surface area (Å²) in [4.78, 5) is 0. The Morgan fingerprint density at radius 3 is 3.00 bits per heavy atom. The van der Waals surface area contributed by atoms with Crippen molar-refractivity contribution in [1.82, 2.24) is 20.2 Å². The minimum absolute atomic E-state index is 0.104. The first-order chi connectivity index (χ1) is 10.2. The molecule has 2 aromatic rings. The molecular formula is C14H19N5O2. The molecule has 1 fully saturated rings. The predicted molar refractivity (Wildman–Crippen MR) is 77.9 cm³/mol. The van der Waals surface area contributed by atoms with Crippen molar-refractivity contribution in [3.05, 3.63) is 18.2 Å². The van der Waals surface area contributed by atoms with E-state index >= 15 is 0 Å². The first-order valence-electron chi connectivity index (χ1n) is 7.13. The number of anilines is 1. The summed E-state index contributed by atoms with van der Waals surface area (Å²) in [6.07, 6.45) is 1.01. The topological polar surface area (TPSA) is 88.1 Å². The summed E-state index contributed by atoms with van der Waals surface area (Å²) in [5, 5.41) is 12.1. The minimum Gasteiger partial charge on any atom is -0.492 e. The largest absolute Gasteiger partial charge is 0.492 e. The molecule has 0 spiro atoms. The number of nitrogens with two attached hydrogens (primary N) is 1. The van der Waals surface area contributed by atoms with Gasteiger partial charge in [-0.1, -0.05) is 0 Å². The van der Waals surface area contributed by atoms with Gasteiger partial charge >= 0.3 is 0 Å². The van der Waals surface area contributed by atoms with Crippen LogP contribution in [0.25, 0.3) is 11.4 Å². The Bertz CT molecular complexity index is 628. The summed E-state index contributed by atoms with van der Waals surface area (Å²) in [7, 11) is 0. The second-order valence-corrected chi connectivity index (χ2v) is 5.06. The fourth-order valence-electron chi connectivity index (χ4n) is 2.62. The van der Waals surface area contributed by atoms with Crippen LogP contribution in [-0.2, 0) is 4.74 Å². The molecule has 0 bridgehead atoms. The van der Waals surface area contributed by atoms with Gasteiger partial charge in [-0.25, -0.2) is 4.68 Å². The third-order valence-corrected chi connectivity index (χ3v) is 3.71. The first kappa shape index (κ1) is 13.8. The minimum atomic E-state index is 0.104. The van der Waals surface area contributed by atoms with Gasteiger partial charge in [-0.2, -0.15) is 0 Å². The van der Waals surface area contributed by atoms with Gasteiger partial charge in [-0.05, 0) is 48.9 Å². The van der Waals surface area contributed by atoms with E-state index in [0.717, 1.165) is 18.6 Å². The van der Waals surface area contributed by atoms with E-state index in [1.165, 1.54) is 0 Å². The molecule has 2 heterocycles. The average Bonchev–Trinajstić information content (AvgIpc) is 3.09. The quantitative estimate of drug-likeness (QED) is 0.861. The molecule has 1 aromatic heterocycles. The van der Waals surface area contributed by atoms with Crippen LogP contribution in [0.1, 0.15) is 26.3 Å². The van der Waals surface area contributed by atoms with E-state index in [2.05, 4.69) is 15.5 Å². The summed E-state index contributed by atoms with van der Waals surface area (Å²) in [5.41, 5.74) is 7.47. The van der Waals surface area contributed by atoms with E-state index in [0.29, 0.717) is 23.9 Å². The van der Waals surface area contributed by atoms with Crippen LogP contribution in [0.15, 0.2) is 18.2 Å². The number of rotatable bonds is 4. The third-order valence-electron chi connectivity index (χ3n) is 3.71. The second kappa shape index (κ2) is 5.69. The van der Waals surface area contributed by atoms with Crippen molar-refractivity contribution in [2.75, 3.05) is 18.9 Å². The van der Waals surface area contributed by atoms with Gasteiger partial charge in [0.05, 0.1) is 24.4 Å². The van der Waals surface area contributed by atoms with Crippen LogP contribution in [0.4, 0.5) is 5.69 Å². The Morgan fingerprint density at radius 2 is 2.33 bits per heavy atom. The fourth-order valence-corrected chi connectivity index (χ4v) is 2.62. The fraction of sp³-hybridized carbons (Fsp3) is 0.500. The second-order valence-electron chi connectivity index (χ2n) is 5.06. The number of ether oxygens (including phenoxy) is 2. The highest BCUT2D eigenvalue weighted by Gasteiger charge is 2.29. The third kappa shape index (κ3) is 2.56. The number of nitrogens with zero attached hydrogens (tertiary/aromatic N) is 4. The van der Waals surface area contributed by atoms with Gasteiger partial charge in [0.25, 0.3) is 0 Å². The molecule has 0 saturated carbocycles. The molecule has 2 N–H and O–H groups in total. The maximum atomic E-state index is 6.02. The number of hydrogen-bond acceptors (Lipinski definition) is 6. The highest BCUT2D eigenvalue weighted by Crippen LogP contribution is 2.31. The Labute approximate surface area is 123 Å². The maximum absolute atomic E-state index is 6.02. The Morgan fingerprint density at radius 1 is 1.48 bits per heavy atom. The van der Waals surface area contributed by atoms with Crippen LogP contribution in [0, 0.1) is 0 Å². The molecule has 1 aromatic carbocycles. The molecule has 0 aliphatic carbocycles. The van der Waals surface area contributed by atoms with Crippen molar-refractivity contribution in [1.29, 1.82) is 0 Å². The van der Waals surface area contributed by atoms with Gasteiger partial charge in [-0.3, -0.25) is 0 Å². The van der Waals surface area contributed by atoms with Crippen LogP contribution >= 0.6 is 0 Å². The molecule has 21 heavy (non-hydrogen) atoms. The van der Waals surface area contributed by atoms with Crippen molar-refractivity contribution in [2.24, 2.45) is 0 Å². The zero-order valence-electron chi connectivity index (χ0n) is 12.2. The molecule has 2 atom stereocenters. The van der Waals surface area contributed by atoms with Gasteiger partial charge in [0, 0.05) is 12.2 Å². The molecule has 7 heteroatoms. The number of tetrazole rings is 1. The summed E-state index contributed by atoms with van der Waals surface area (Å²) < 4.78 is 12.9. The van der Waals surface area contributed by atoms with Gasteiger partial charge in [0.15, 0.2) is 5.82 Å². The van der Waals surface area contributed by atoms with E-state index in [9.17, 15) is 0 Å². The highest BCUT2D eigenvalue weighted by atomic mass is 16.5. The van der Waals surface area contributed by atoms with Crippen LogP contribution in [-0.4, -0.2) is 39.5 Å². The number of benzene rings is 1. The van der Waals surface area contributed by atoms with Gasteiger partial charge < -0.3 is 15.2 Å².